The van der Waals surface area contributed by atoms with Crippen molar-refractivity contribution in [1.82, 2.24) is 10.0 Å². The van der Waals surface area contributed by atoms with Crippen LogP contribution >= 0.6 is 0 Å². The molecule has 0 aromatic heterocycles. The maximum absolute atomic E-state index is 12.0. The van der Waals surface area contributed by atoms with Gasteiger partial charge in [-0.3, -0.25) is 14.5 Å². The van der Waals surface area contributed by atoms with Gasteiger partial charge in [-0.05, 0) is 42.7 Å². The minimum Gasteiger partial charge on any atom is -0.399 e. The number of nitrogens with one attached hydrogen (secondary N) is 2. The first kappa shape index (κ1) is 18.9. The van der Waals surface area contributed by atoms with Gasteiger partial charge < -0.3 is 11.1 Å². The average Bonchev–Trinajstić information content (AvgIpc) is 2.91. The fourth-order valence-corrected chi connectivity index (χ4v) is 4.05. The predicted molar refractivity (Wildman–Crippen MR) is 105 cm³/mol. The number of rotatable bonds is 7. The van der Waals surface area contributed by atoms with E-state index in [-0.39, 0.29) is 10.8 Å². The first-order chi connectivity index (χ1) is 13.0. The van der Waals surface area contributed by atoms with E-state index in [0.717, 1.165) is 17.7 Å². The van der Waals surface area contributed by atoms with Crippen LogP contribution in [0.5, 0.6) is 0 Å². The second-order valence-corrected chi connectivity index (χ2v) is 7.93. The predicted octanol–water partition coefficient (Wildman–Crippen LogP) is 1.45. The third kappa shape index (κ3) is 4.85. The van der Waals surface area contributed by atoms with E-state index in [2.05, 4.69) is 15.0 Å². The Morgan fingerprint density at radius 1 is 1.11 bits per heavy atom. The van der Waals surface area contributed by atoms with Gasteiger partial charge in [0.05, 0.1) is 4.90 Å². The number of sulfonamides is 1. The van der Waals surface area contributed by atoms with Crippen LogP contribution in [0.1, 0.15) is 24.0 Å². The Hall–Kier alpha value is -2.87. The summed E-state index contributed by atoms with van der Waals surface area (Å²) in [4.78, 5) is 16.4. The van der Waals surface area contributed by atoms with Crippen molar-refractivity contribution in [3.63, 3.8) is 0 Å². The Morgan fingerprint density at radius 3 is 2.63 bits per heavy atom. The van der Waals surface area contributed by atoms with Crippen LogP contribution in [0.3, 0.4) is 0 Å². The Kier molecular flexibility index (Phi) is 5.75. The summed E-state index contributed by atoms with van der Waals surface area (Å²) in [6.45, 7) is 0.933. The third-order valence-corrected chi connectivity index (χ3v) is 5.61. The highest BCUT2D eigenvalue weighted by molar-refractivity contribution is 7.90. The van der Waals surface area contributed by atoms with E-state index in [4.69, 9.17) is 5.73 Å². The number of nitrogens with two attached hydrogens (primary N) is 1. The molecule has 7 nitrogen and oxygen atoms in total. The lowest BCUT2D eigenvalue weighted by molar-refractivity contribution is -0.121. The molecule has 3 rings (SSSR count). The van der Waals surface area contributed by atoms with Crippen LogP contribution in [0.2, 0.25) is 0 Å². The molecule has 0 saturated heterocycles. The maximum Gasteiger partial charge on any atom is 0.263 e. The van der Waals surface area contributed by atoms with Gasteiger partial charge in [-0.1, -0.05) is 24.3 Å². The van der Waals surface area contributed by atoms with E-state index in [1.54, 1.807) is 24.3 Å². The summed E-state index contributed by atoms with van der Waals surface area (Å²) in [6, 6.07) is 14.3. The highest BCUT2D eigenvalue weighted by Crippen LogP contribution is 2.22. The molecule has 0 unspecified atom stereocenters. The van der Waals surface area contributed by atoms with Crippen LogP contribution in [-0.4, -0.2) is 33.3 Å². The quantitative estimate of drug-likeness (QED) is 0.493. The minimum absolute atomic E-state index is 0.0435. The molecule has 0 bridgehead atoms. The molecule has 0 saturated carbocycles. The summed E-state index contributed by atoms with van der Waals surface area (Å²) in [5.41, 5.74) is 8.05. The molecule has 0 fully saturated rings. The minimum atomic E-state index is -3.52. The van der Waals surface area contributed by atoms with E-state index >= 15 is 0 Å². The second-order valence-electron chi connectivity index (χ2n) is 6.28. The van der Waals surface area contributed by atoms with Crippen molar-refractivity contribution in [2.45, 2.75) is 24.2 Å². The number of hydrogen-bond acceptors (Lipinski definition) is 5. The van der Waals surface area contributed by atoms with Crippen molar-refractivity contribution < 1.29 is 13.2 Å². The van der Waals surface area contributed by atoms with Gasteiger partial charge in [-0.15, -0.1) is 0 Å². The Balaban J connectivity index is 1.42. The van der Waals surface area contributed by atoms with Crippen molar-refractivity contribution in [1.29, 1.82) is 0 Å². The van der Waals surface area contributed by atoms with Gasteiger partial charge in [0.2, 0.25) is 5.91 Å². The van der Waals surface area contributed by atoms with Crippen molar-refractivity contribution in [2.24, 2.45) is 4.99 Å². The number of hydrogen-bond donors (Lipinski definition) is 3. The number of amides is 1. The molecule has 142 valence electrons. The zero-order chi connectivity index (χ0) is 19.3. The van der Waals surface area contributed by atoms with E-state index in [1.807, 2.05) is 24.3 Å². The molecule has 0 spiro atoms. The zero-order valence-corrected chi connectivity index (χ0v) is 15.6. The molecule has 1 aliphatic heterocycles. The van der Waals surface area contributed by atoms with Gasteiger partial charge in [0, 0.05) is 30.8 Å². The fourth-order valence-electron chi connectivity index (χ4n) is 2.80. The van der Waals surface area contributed by atoms with E-state index in [0.29, 0.717) is 37.3 Å². The number of benzene rings is 2. The molecule has 0 radical (unpaired) electrons. The molecule has 4 N–H and O–H groups in total. The summed E-state index contributed by atoms with van der Waals surface area (Å²) in [5, 5.41) is 2.87. The number of carbonyl (C=O) groups excluding carboxylic acids is 1. The monoisotopic (exact) mass is 386 g/mol. The molecule has 1 aliphatic rings. The third-order valence-electron chi connectivity index (χ3n) is 4.21. The van der Waals surface area contributed by atoms with Crippen LogP contribution < -0.4 is 15.8 Å². The lowest BCUT2D eigenvalue weighted by Crippen LogP contribution is -2.25. The Morgan fingerprint density at radius 2 is 1.85 bits per heavy atom. The Bertz CT molecular complexity index is 953. The van der Waals surface area contributed by atoms with Crippen LogP contribution in [0.15, 0.2) is 58.4 Å². The number of amidine groups is 1. The number of nitrogen functional groups attached to an aromatic ring is 1. The molecule has 1 amide bonds. The van der Waals surface area contributed by atoms with Crippen molar-refractivity contribution in [3.05, 3.63) is 59.7 Å². The maximum atomic E-state index is 12.0. The molecule has 2 aromatic carbocycles. The van der Waals surface area contributed by atoms with Gasteiger partial charge in [-0.25, -0.2) is 8.42 Å². The number of fused-ring (bicyclic) bond motifs is 1. The summed E-state index contributed by atoms with van der Waals surface area (Å²) in [6.07, 6.45) is 1.63. The van der Waals surface area contributed by atoms with Crippen LogP contribution in [0, 0.1) is 0 Å². The van der Waals surface area contributed by atoms with Gasteiger partial charge in [0.25, 0.3) is 10.0 Å². The number of nitrogens with zero attached hydrogens (tertiary/aromatic N) is 1. The molecule has 1 heterocycles. The summed E-state index contributed by atoms with van der Waals surface area (Å²) >= 11 is 0. The molecule has 27 heavy (non-hydrogen) atoms. The fraction of sp³-hybridized carbons (Fsp3) is 0.263. The summed E-state index contributed by atoms with van der Waals surface area (Å²) in [7, 11) is -3.52. The van der Waals surface area contributed by atoms with Crippen LogP contribution in [0.4, 0.5) is 5.69 Å². The van der Waals surface area contributed by atoms with Crippen molar-refractivity contribution in [2.75, 3.05) is 18.8 Å². The van der Waals surface area contributed by atoms with Crippen LogP contribution in [-0.2, 0) is 21.2 Å². The average molecular weight is 386 g/mol. The smallest absolute Gasteiger partial charge is 0.263 e. The number of carbonyl (C=O) groups is 1. The summed E-state index contributed by atoms with van der Waals surface area (Å²) < 4.78 is 26.4. The lowest BCUT2D eigenvalue weighted by atomic mass is 10.1. The number of anilines is 1. The van der Waals surface area contributed by atoms with E-state index in [1.165, 1.54) is 0 Å². The standard InChI is InChI=1S/C19H22N4O3S/c20-15-9-7-14(8-10-15)11-13-21-18(24)6-3-12-22-19-16-4-1-2-5-17(16)27(25,26)23-19/h1-2,4-5,7-10H,3,6,11-13,20H2,(H,21,24)(H,22,23). The van der Waals surface area contributed by atoms with Crippen molar-refractivity contribution in [3.8, 4) is 0 Å². The summed E-state index contributed by atoms with van der Waals surface area (Å²) in [5.74, 6) is 0.299. The SMILES string of the molecule is Nc1ccc(CCNC(=O)CCCN=C2NS(=O)(=O)c3ccccc32)cc1. The number of aliphatic imine (C=N–C) groups is 1. The topological polar surface area (TPSA) is 114 Å². The van der Waals surface area contributed by atoms with Gasteiger partial charge >= 0.3 is 0 Å². The van der Waals surface area contributed by atoms with E-state index in [9.17, 15) is 13.2 Å². The first-order valence-electron chi connectivity index (χ1n) is 8.73. The molecular formula is C19H22N4O3S. The van der Waals surface area contributed by atoms with E-state index < -0.39 is 10.0 Å². The molecule has 0 aliphatic carbocycles. The molecule has 8 heteroatoms. The second kappa shape index (κ2) is 8.22. The molecular weight excluding hydrogens is 364 g/mol. The molecule has 0 atom stereocenters. The Labute approximate surface area is 158 Å². The van der Waals surface area contributed by atoms with Gasteiger partial charge in [-0.2, -0.15) is 0 Å². The normalized spacial score (nSPS) is 15.9. The van der Waals surface area contributed by atoms with Gasteiger partial charge in [0.15, 0.2) is 0 Å². The van der Waals surface area contributed by atoms with Crippen LogP contribution in [0.25, 0.3) is 0 Å². The lowest BCUT2D eigenvalue weighted by Gasteiger charge is -2.05. The zero-order valence-electron chi connectivity index (χ0n) is 14.8. The highest BCUT2D eigenvalue weighted by atomic mass is 32.2. The molecule has 2 aromatic rings. The van der Waals surface area contributed by atoms with Crippen molar-refractivity contribution >= 4 is 27.5 Å². The largest absolute Gasteiger partial charge is 0.399 e. The highest BCUT2D eigenvalue weighted by Gasteiger charge is 2.29. The van der Waals surface area contributed by atoms with Gasteiger partial charge in [0.1, 0.15) is 5.84 Å². The first-order valence-corrected chi connectivity index (χ1v) is 10.2.